The first-order valence-corrected chi connectivity index (χ1v) is 6.77. The molecule has 0 amide bonds. The van der Waals surface area contributed by atoms with E-state index in [1.165, 1.54) is 6.07 Å². The minimum absolute atomic E-state index is 0.128. The maximum atomic E-state index is 11.9. The number of nitrogens with one attached hydrogen (secondary N) is 1. The Morgan fingerprint density at radius 2 is 1.94 bits per heavy atom. The van der Waals surface area contributed by atoms with Crippen LogP contribution in [0.5, 0.6) is 0 Å². The summed E-state index contributed by atoms with van der Waals surface area (Å²) in [6.07, 6.45) is 3.20. The van der Waals surface area contributed by atoms with Gasteiger partial charge < -0.3 is 10.2 Å². The summed E-state index contributed by atoms with van der Waals surface area (Å²) in [5, 5.41) is -0.128. The zero-order chi connectivity index (χ0) is 13.0. The van der Waals surface area contributed by atoms with Crippen molar-refractivity contribution in [2.24, 2.45) is 5.73 Å². The average Bonchev–Trinajstić information content (AvgIpc) is 2.87. The summed E-state index contributed by atoms with van der Waals surface area (Å²) in [5.41, 5.74) is 6.17. The number of furan rings is 1. The van der Waals surface area contributed by atoms with E-state index < -0.39 is 10.0 Å². The van der Waals surface area contributed by atoms with Gasteiger partial charge in [-0.15, -0.1) is 0 Å². The SMILES string of the molecule is NCc1ccc(S(=O)(=O)NCc2ccncc2)o1. The van der Waals surface area contributed by atoms with E-state index in [-0.39, 0.29) is 18.2 Å². The van der Waals surface area contributed by atoms with Crippen LogP contribution < -0.4 is 10.5 Å². The summed E-state index contributed by atoms with van der Waals surface area (Å²) in [7, 11) is -3.64. The third-order valence-electron chi connectivity index (χ3n) is 2.32. The molecule has 0 atom stereocenters. The topological polar surface area (TPSA) is 98.2 Å². The van der Waals surface area contributed by atoms with E-state index >= 15 is 0 Å². The molecule has 0 saturated heterocycles. The van der Waals surface area contributed by atoms with E-state index in [1.54, 1.807) is 30.6 Å². The second-order valence-electron chi connectivity index (χ2n) is 3.60. The van der Waals surface area contributed by atoms with Crippen LogP contribution in [-0.4, -0.2) is 13.4 Å². The molecule has 0 unspecified atom stereocenters. The number of hydrogen-bond donors (Lipinski definition) is 2. The molecule has 0 radical (unpaired) electrons. The molecule has 0 fully saturated rings. The second kappa shape index (κ2) is 5.30. The lowest BCUT2D eigenvalue weighted by molar-refractivity contribution is 0.413. The molecule has 0 saturated carbocycles. The first-order valence-electron chi connectivity index (χ1n) is 5.29. The quantitative estimate of drug-likeness (QED) is 0.827. The van der Waals surface area contributed by atoms with Crippen molar-refractivity contribution in [2.75, 3.05) is 0 Å². The molecule has 2 aromatic heterocycles. The van der Waals surface area contributed by atoms with Crippen LogP contribution in [0.15, 0.2) is 46.2 Å². The Morgan fingerprint density at radius 1 is 1.22 bits per heavy atom. The van der Waals surface area contributed by atoms with E-state index in [0.29, 0.717) is 5.76 Å². The molecule has 2 rings (SSSR count). The molecule has 0 spiro atoms. The molecule has 0 bridgehead atoms. The summed E-state index contributed by atoms with van der Waals surface area (Å²) in [6.45, 7) is 0.351. The molecule has 6 nitrogen and oxygen atoms in total. The molecule has 2 aromatic rings. The van der Waals surface area contributed by atoms with Crippen LogP contribution in [0.2, 0.25) is 0 Å². The van der Waals surface area contributed by atoms with Crippen LogP contribution in [0, 0.1) is 0 Å². The highest BCUT2D eigenvalue weighted by Gasteiger charge is 2.17. The first kappa shape index (κ1) is 12.7. The van der Waals surface area contributed by atoms with Crippen LogP contribution >= 0.6 is 0 Å². The van der Waals surface area contributed by atoms with Crippen LogP contribution in [-0.2, 0) is 23.1 Å². The largest absolute Gasteiger partial charge is 0.447 e. The molecule has 96 valence electrons. The van der Waals surface area contributed by atoms with Gasteiger partial charge in [0, 0.05) is 18.9 Å². The predicted molar refractivity (Wildman–Crippen MR) is 64.9 cm³/mol. The Morgan fingerprint density at radius 3 is 2.56 bits per heavy atom. The highest BCUT2D eigenvalue weighted by molar-refractivity contribution is 7.89. The third kappa shape index (κ3) is 2.95. The minimum atomic E-state index is -3.64. The lowest BCUT2D eigenvalue weighted by atomic mass is 10.3. The minimum Gasteiger partial charge on any atom is -0.447 e. The summed E-state index contributed by atoms with van der Waals surface area (Å²) in [6, 6.07) is 6.39. The van der Waals surface area contributed by atoms with Gasteiger partial charge in [0.1, 0.15) is 5.76 Å². The average molecular weight is 267 g/mol. The Kier molecular flexibility index (Phi) is 3.75. The number of hydrogen-bond acceptors (Lipinski definition) is 5. The number of aromatic nitrogens is 1. The number of pyridine rings is 1. The van der Waals surface area contributed by atoms with Crippen molar-refractivity contribution in [1.29, 1.82) is 0 Å². The van der Waals surface area contributed by atoms with Gasteiger partial charge in [-0.05, 0) is 29.8 Å². The van der Waals surface area contributed by atoms with Gasteiger partial charge in [0.05, 0.1) is 6.54 Å². The van der Waals surface area contributed by atoms with Gasteiger partial charge in [-0.1, -0.05) is 0 Å². The van der Waals surface area contributed by atoms with Crippen molar-refractivity contribution < 1.29 is 12.8 Å². The van der Waals surface area contributed by atoms with Gasteiger partial charge in [0.15, 0.2) is 0 Å². The number of sulfonamides is 1. The smallest absolute Gasteiger partial charge is 0.274 e. The van der Waals surface area contributed by atoms with Crippen molar-refractivity contribution in [3.8, 4) is 0 Å². The van der Waals surface area contributed by atoms with Gasteiger partial charge in [0.2, 0.25) is 5.09 Å². The maximum Gasteiger partial charge on any atom is 0.274 e. The normalized spacial score (nSPS) is 11.6. The Balaban J connectivity index is 2.08. The van der Waals surface area contributed by atoms with Gasteiger partial charge in [-0.3, -0.25) is 4.98 Å². The standard InChI is InChI=1S/C11H13N3O3S/c12-7-10-1-2-11(17-10)18(15,16)14-8-9-3-5-13-6-4-9/h1-6,14H,7-8,12H2. The maximum absolute atomic E-state index is 11.9. The van der Waals surface area contributed by atoms with Gasteiger partial charge in [-0.2, -0.15) is 0 Å². The van der Waals surface area contributed by atoms with E-state index in [0.717, 1.165) is 5.56 Å². The fraction of sp³-hybridized carbons (Fsp3) is 0.182. The van der Waals surface area contributed by atoms with Crippen molar-refractivity contribution in [2.45, 2.75) is 18.2 Å². The molecule has 0 aliphatic carbocycles. The predicted octanol–water partition coefficient (Wildman–Crippen LogP) is 0.612. The molecule has 0 aromatic carbocycles. The molecule has 2 heterocycles. The number of rotatable bonds is 5. The van der Waals surface area contributed by atoms with Crippen LogP contribution in [0.1, 0.15) is 11.3 Å². The Labute approximate surface area is 105 Å². The van der Waals surface area contributed by atoms with Crippen molar-refractivity contribution >= 4 is 10.0 Å². The molecule has 0 aliphatic heterocycles. The van der Waals surface area contributed by atoms with Gasteiger partial charge >= 0.3 is 0 Å². The van der Waals surface area contributed by atoms with E-state index in [1.807, 2.05) is 0 Å². The first-order chi connectivity index (χ1) is 8.62. The number of nitrogens with two attached hydrogens (primary N) is 1. The van der Waals surface area contributed by atoms with Gasteiger partial charge in [-0.25, -0.2) is 13.1 Å². The van der Waals surface area contributed by atoms with E-state index in [4.69, 9.17) is 10.2 Å². The van der Waals surface area contributed by atoms with Crippen LogP contribution in [0.4, 0.5) is 0 Å². The van der Waals surface area contributed by atoms with E-state index in [9.17, 15) is 8.42 Å². The third-order valence-corrected chi connectivity index (χ3v) is 3.59. The fourth-order valence-electron chi connectivity index (χ4n) is 1.36. The number of nitrogens with zero attached hydrogens (tertiary/aromatic N) is 1. The van der Waals surface area contributed by atoms with Crippen molar-refractivity contribution in [3.05, 3.63) is 48.0 Å². The summed E-state index contributed by atoms with van der Waals surface area (Å²) in [4.78, 5) is 3.85. The Bertz CT molecular complexity index is 607. The highest BCUT2D eigenvalue weighted by atomic mass is 32.2. The fourth-order valence-corrected chi connectivity index (χ4v) is 2.33. The zero-order valence-electron chi connectivity index (χ0n) is 9.54. The summed E-state index contributed by atoms with van der Waals surface area (Å²) < 4.78 is 31.3. The second-order valence-corrected chi connectivity index (χ2v) is 5.30. The molecular formula is C11H13N3O3S. The van der Waals surface area contributed by atoms with Crippen LogP contribution in [0.3, 0.4) is 0 Å². The molecule has 7 heteroatoms. The van der Waals surface area contributed by atoms with Crippen molar-refractivity contribution in [3.63, 3.8) is 0 Å². The molecule has 3 N–H and O–H groups in total. The lowest BCUT2D eigenvalue weighted by Gasteiger charge is -2.03. The van der Waals surface area contributed by atoms with E-state index in [2.05, 4.69) is 9.71 Å². The Hall–Kier alpha value is -1.70. The van der Waals surface area contributed by atoms with Crippen molar-refractivity contribution in [1.82, 2.24) is 9.71 Å². The summed E-state index contributed by atoms with van der Waals surface area (Å²) in [5.74, 6) is 0.430. The van der Waals surface area contributed by atoms with Crippen LogP contribution in [0.25, 0.3) is 0 Å². The monoisotopic (exact) mass is 267 g/mol. The zero-order valence-corrected chi connectivity index (χ0v) is 10.4. The highest BCUT2D eigenvalue weighted by Crippen LogP contribution is 2.13. The molecular weight excluding hydrogens is 254 g/mol. The molecule has 0 aliphatic rings. The summed E-state index contributed by atoms with van der Waals surface area (Å²) >= 11 is 0. The van der Waals surface area contributed by atoms with Gasteiger partial charge in [0.25, 0.3) is 10.0 Å². The lowest BCUT2D eigenvalue weighted by Crippen LogP contribution is -2.22. The molecule has 18 heavy (non-hydrogen) atoms.